The second-order valence-corrected chi connectivity index (χ2v) is 10.5. The first kappa shape index (κ1) is 30.9. The largest absolute Gasteiger partial charge is 0.511 e. The number of nitrogens with zero attached hydrogens (tertiary/aromatic N) is 1. The summed E-state index contributed by atoms with van der Waals surface area (Å²) in [4.78, 5) is 50.4. The fourth-order valence-electron chi connectivity index (χ4n) is 5.49. The van der Waals surface area contributed by atoms with E-state index in [9.17, 15) is 29.4 Å². The first-order valence-corrected chi connectivity index (χ1v) is 14.1. The van der Waals surface area contributed by atoms with E-state index in [1.165, 1.54) is 0 Å². The first-order valence-electron chi connectivity index (χ1n) is 13.7. The van der Waals surface area contributed by atoms with Gasteiger partial charge >= 0.3 is 18.5 Å². The van der Waals surface area contributed by atoms with Crippen LogP contribution in [0.5, 0.6) is 17.2 Å². The Morgan fingerprint density at radius 2 is 1.40 bits per heavy atom. The zero-order valence-corrected chi connectivity index (χ0v) is 24.3. The Bertz CT molecular complexity index is 1790. The first-order chi connectivity index (χ1) is 21.6. The van der Waals surface area contributed by atoms with E-state index in [-0.39, 0.29) is 12.1 Å². The molecule has 1 aliphatic carbocycles. The summed E-state index contributed by atoms with van der Waals surface area (Å²) in [7, 11) is 0. The van der Waals surface area contributed by atoms with E-state index in [1.54, 1.807) is 11.0 Å². The average molecular weight is 632 g/mol. The van der Waals surface area contributed by atoms with Gasteiger partial charge in [0.1, 0.15) is 0 Å². The van der Waals surface area contributed by atoms with Gasteiger partial charge in [-0.15, -0.1) is 0 Å². The lowest BCUT2D eigenvalue weighted by molar-refractivity contribution is 0.0633. The molecular formula is C33H26ClNO10. The highest BCUT2D eigenvalue weighted by molar-refractivity contribution is 6.33. The minimum atomic E-state index is -1.83. The van der Waals surface area contributed by atoms with Gasteiger partial charge in [0.25, 0.3) is 5.91 Å². The smallest absolute Gasteiger partial charge is 0.449 e. The minimum Gasteiger partial charge on any atom is -0.449 e. The summed E-state index contributed by atoms with van der Waals surface area (Å²) in [6.45, 7) is 0.0607. The molecule has 4 aromatic carbocycles. The van der Waals surface area contributed by atoms with Crippen molar-refractivity contribution in [2.45, 2.75) is 31.8 Å². The maximum Gasteiger partial charge on any atom is 0.511 e. The number of rotatable bonds is 8. The second-order valence-electron chi connectivity index (χ2n) is 10.1. The minimum absolute atomic E-state index is 0.0607. The van der Waals surface area contributed by atoms with Crippen molar-refractivity contribution in [1.82, 2.24) is 4.90 Å². The molecule has 0 spiro atoms. The van der Waals surface area contributed by atoms with Crippen LogP contribution in [0, 0.1) is 0 Å². The molecule has 0 unspecified atom stereocenters. The van der Waals surface area contributed by atoms with Gasteiger partial charge in [0.05, 0.1) is 11.6 Å². The molecule has 1 amide bonds. The highest BCUT2D eigenvalue weighted by Gasteiger charge is 2.33. The van der Waals surface area contributed by atoms with Gasteiger partial charge in [-0.1, -0.05) is 72.3 Å². The van der Waals surface area contributed by atoms with E-state index in [0.717, 1.165) is 52.8 Å². The lowest BCUT2D eigenvalue weighted by Crippen LogP contribution is -2.36. The third-order valence-electron chi connectivity index (χ3n) is 7.31. The fraction of sp³-hybridized carbons (Fsp3) is 0.152. The predicted octanol–water partition coefficient (Wildman–Crippen LogP) is 7.90. The van der Waals surface area contributed by atoms with Crippen LogP contribution in [0.3, 0.4) is 0 Å². The molecule has 0 aliphatic heterocycles. The summed E-state index contributed by atoms with van der Waals surface area (Å²) in [5.74, 6) is -2.61. The van der Waals surface area contributed by atoms with Crippen molar-refractivity contribution >= 4 is 36.0 Å². The van der Waals surface area contributed by atoms with Gasteiger partial charge in [-0.3, -0.25) is 4.79 Å². The molecule has 0 saturated heterocycles. The van der Waals surface area contributed by atoms with Crippen LogP contribution in [0.1, 0.15) is 45.9 Å². The van der Waals surface area contributed by atoms with E-state index in [2.05, 4.69) is 4.74 Å². The Balaban J connectivity index is 1.64. The lowest BCUT2D eigenvalue weighted by Gasteiger charge is -2.36. The van der Waals surface area contributed by atoms with Crippen LogP contribution in [-0.4, -0.2) is 44.6 Å². The highest BCUT2D eigenvalue weighted by Crippen LogP contribution is 2.41. The van der Waals surface area contributed by atoms with Gasteiger partial charge in [-0.2, -0.15) is 0 Å². The lowest BCUT2D eigenvalue weighted by atomic mass is 9.86. The number of carbonyl (C=O) groups excluding carboxylic acids is 1. The SMILES string of the molecule is O=C(O)Oc1cc(OC(=O)O)c(C(=O)N(Cc2cccc(-c3ccccc3Cl)c2)[C@H]2CCCc3ccccc32)cc1OC(=O)O. The summed E-state index contributed by atoms with van der Waals surface area (Å²) in [6, 6.07) is 23.7. The summed E-state index contributed by atoms with van der Waals surface area (Å²) < 4.78 is 14.2. The average Bonchev–Trinajstić information content (AvgIpc) is 3.00. The molecule has 0 bridgehead atoms. The van der Waals surface area contributed by atoms with Gasteiger partial charge in [-0.25, -0.2) is 14.4 Å². The summed E-state index contributed by atoms with van der Waals surface area (Å²) in [5.41, 5.74) is 3.93. The van der Waals surface area contributed by atoms with Crippen LogP contribution in [0.15, 0.2) is 84.9 Å². The normalized spacial score (nSPS) is 13.7. The van der Waals surface area contributed by atoms with E-state index in [1.807, 2.05) is 66.7 Å². The van der Waals surface area contributed by atoms with E-state index < -0.39 is 47.7 Å². The number of hydrogen-bond acceptors (Lipinski definition) is 7. The number of aryl methyl sites for hydroxylation is 1. The van der Waals surface area contributed by atoms with Crippen LogP contribution in [0.25, 0.3) is 11.1 Å². The molecule has 45 heavy (non-hydrogen) atoms. The maximum atomic E-state index is 14.5. The van der Waals surface area contributed by atoms with Crippen LogP contribution >= 0.6 is 11.6 Å². The molecule has 1 atom stereocenters. The number of ether oxygens (including phenoxy) is 3. The van der Waals surface area contributed by atoms with Gasteiger partial charge in [-0.05, 0) is 53.6 Å². The molecule has 0 fully saturated rings. The number of amides is 1. The predicted molar refractivity (Wildman–Crippen MR) is 161 cm³/mol. The number of carboxylic acid groups (broad SMARTS) is 3. The van der Waals surface area contributed by atoms with Crippen molar-refractivity contribution in [1.29, 1.82) is 0 Å². The number of halogens is 1. The van der Waals surface area contributed by atoms with Gasteiger partial charge < -0.3 is 34.4 Å². The van der Waals surface area contributed by atoms with Crippen molar-refractivity contribution in [2.24, 2.45) is 0 Å². The van der Waals surface area contributed by atoms with Crippen molar-refractivity contribution in [3.05, 3.63) is 112 Å². The summed E-state index contributed by atoms with van der Waals surface area (Å²) in [5, 5.41) is 28.4. The molecular weight excluding hydrogens is 606 g/mol. The Morgan fingerprint density at radius 3 is 2.11 bits per heavy atom. The van der Waals surface area contributed by atoms with Crippen molar-refractivity contribution in [3.63, 3.8) is 0 Å². The molecule has 0 heterocycles. The molecule has 0 aromatic heterocycles. The van der Waals surface area contributed by atoms with E-state index >= 15 is 0 Å². The topological polar surface area (TPSA) is 160 Å². The van der Waals surface area contributed by atoms with E-state index in [4.69, 9.17) is 26.2 Å². The summed E-state index contributed by atoms with van der Waals surface area (Å²) >= 11 is 6.45. The van der Waals surface area contributed by atoms with Crippen LogP contribution in [0.4, 0.5) is 14.4 Å². The Labute approximate surface area is 261 Å². The zero-order valence-electron chi connectivity index (χ0n) is 23.5. The van der Waals surface area contributed by atoms with E-state index in [0.29, 0.717) is 11.4 Å². The Kier molecular flexibility index (Phi) is 9.20. The molecule has 0 radical (unpaired) electrons. The fourth-order valence-corrected chi connectivity index (χ4v) is 5.74. The van der Waals surface area contributed by atoms with Crippen molar-refractivity contribution in [3.8, 4) is 28.4 Å². The zero-order chi connectivity index (χ0) is 32.1. The van der Waals surface area contributed by atoms with Gasteiger partial charge in [0.2, 0.25) is 0 Å². The monoisotopic (exact) mass is 631 g/mol. The van der Waals surface area contributed by atoms with Gasteiger partial charge in [0, 0.05) is 29.3 Å². The summed E-state index contributed by atoms with van der Waals surface area (Å²) in [6.07, 6.45) is -3.28. The Hall–Kier alpha value is -5.55. The number of carbonyl (C=O) groups is 4. The van der Waals surface area contributed by atoms with Crippen LogP contribution in [-0.2, 0) is 13.0 Å². The molecule has 4 aromatic rings. The number of hydrogen-bond donors (Lipinski definition) is 3. The Morgan fingerprint density at radius 1 is 0.756 bits per heavy atom. The van der Waals surface area contributed by atoms with Crippen molar-refractivity contribution in [2.75, 3.05) is 0 Å². The molecule has 230 valence electrons. The quantitative estimate of drug-likeness (QED) is 0.129. The third-order valence-corrected chi connectivity index (χ3v) is 7.64. The second kappa shape index (κ2) is 13.4. The van der Waals surface area contributed by atoms with Crippen LogP contribution in [0.2, 0.25) is 5.02 Å². The van der Waals surface area contributed by atoms with Crippen molar-refractivity contribution < 1.29 is 48.7 Å². The highest BCUT2D eigenvalue weighted by atomic mass is 35.5. The standard InChI is InChI=1S/C33H26ClNO10/c34-25-13-4-3-11-22(25)21-10-5-7-19(15-21)18-35(26-14-6-9-20-8-1-2-12-23(20)26)30(36)24-16-28(44-32(39)40)29(45-33(41)42)17-27(24)43-31(37)38/h1-5,7-8,10-13,15-17,26H,6,9,14,18H2,(H,37,38)(H,39,40)(H,41,42)/t26-/m0/s1. The maximum absolute atomic E-state index is 14.5. The number of benzene rings is 4. The third kappa shape index (κ3) is 7.16. The molecule has 11 nitrogen and oxygen atoms in total. The molecule has 12 heteroatoms. The molecule has 1 aliphatic rings. The molecule has 3 N–H and O–H groups in total. The number of fused-ring (bicyclic) bond motifs is 1. The molecule has 0 saturated carbocycles. The van der Waals surface area contributed by atoms with Crippen LogP contribution < -0.4 is 14.2 Å². The molecule has 5 rings (SSSR count). The van der Waals surface area contributed by atoms with Gasteiger partial charge in [0.15, 0.2) is 17.2 Å².